The van der Waals surface area contributed by atoms with Gasteiger partial charge < -0.3 is 9.47 Å². The molecule has 1 aromatic heterocycles. The number of carbonyl (C=O) groups excluding carboxylic acids is 2. The van der Waals surface area contributed by atoms with Gasteiger partial charge >= 0.3 is 12.1 Å². The molecule has 0 spiro atoms. The fourth-order valence-corrected chi connectivity index (χ4v) is 2.29. The summed E-state index contributed by atoms with van der Waals surface area (Å²) in [5, 5.41) is 7.48. The van der Waals surface area contributed by atoms with Crippen LogP contribution >= 0.6 is 0 Å². The Bertz CT molecular complexity index is 892. The van der Waals surface area contributed by atoms with E-state index in [9.17, 15) is 9.59 Å². The van der Waals surface area contributed by atoms with E-state index in [2.05, 4.69) is 10.3 Å². The molecule has 26 heavy (non-hydrogen) atoms. The summed E-state index contributed by atoms with van der Waals surface area (Å²) in [7, 11) is 0. The Hall–Kier alpha value is -3.48. The van der Waals surface area contributed by atoms with Gasteiger partial charge in [-0.1, -0.05) is 65.9 Å². The third-order valence-corrected chi connectivity index (χ3v) is 3.62. The van der Waals surface area contributed by atoms with Crippen LogP contribution in [0.15, 0.2) is 60.7 Å². The lowest BCUT2D eigenvalue weighted by molar-refractivity contribution is 0.0454. The Kier molecular flexibility index (Phi) is 5.38. The van der Waals surface area contributed by atoms with Crippen molar-refractivity contribution in [3.8, 4) is 0 Å². The van der Waals surface area contributed by atoms with Crippen LogP contribution in [0.4, 0.5) is 4.79 Å². The maximum Gasteiger partial charge on any atom is 0.437 e. The van der Waals surface area contributed by atoms with E-state index in [4.69, 9.17) is 9.47 Å². The normalized spacial score (nSPS) is 10.3. The molecule has 7 heteroatoms. The number of carbonyl (C=O) groups is 2. The molecule has 0 atom stereocenters. The van der Waals surface area contributed by atoms with E-state index in [-0.39, 0.29) is 18.9 Å². The van der Waals surface area contributed by atoms with E-state index < -0.39 is 12.1 Å². The second-order valence-electron chi connectivity index (χ2n) is 5.54. The van der Waals surface area contributed by atoms with Crippen LogP contribution in [0.5, 0.6) is 0 Å². The van der Waals surface area contributed by atoms with Gasteiger partial charge in [0.1, 0.15) is 13.2 Å². The van der Waals surface area contributed by atoms with E-state index in [0.717, 1.165) is 15.8 Å². The molecular weight excluding hydrogens is 334 g/mol. The zero-order valence-electron chi connectivity index (χ0n) is 14.2. The molecule has 0 fully saturated rings. The second kappa shape index (κ2) is 8.06. The second-order valence-corrected chi connectivity index (χ2v) is 5.54. The monoisotopic (exact) mass is 351 g/mol. The highest BCUT2D eigenvalue weighted by molar-refractivity contribution is 5.92. The van der Waals surface area contributed by atoms with Crippen molar-refractivity contribution in [3.63, 3.8) is 0 Å². The summed E-state index contributed by atoms with van der Waals surface area (Å²) in [4.78, 5) is 24.6. The van der Waals surface area contributed by atoms with Crippen molar-refractivity contribution in [1.29, 1.82) is 0 Å². The van der Waals surface area contributed by atoms with E-state index in [1.807, 2.05) is 60.7 Å². The van der Waals surface area contributed by atoms with Gasteiger partial charge in [-0.3, -0.25) is 0 Å². The Morgan fingerprint density at radius 3 is 2.00 bits per heavy atom. The number of nitrogens with zero attached hydrogens (tertiary/aromatic N) is 3. The molecule has 3 aromatic rings. The smallest absolute Gasteiger partial charge is 0.437 e. The van der Waals surface area contributed by atoms with Crippen LogP contribution in [0.3, 0.4) is 0 Å². The van der Waals surface area contributed by atoms with Crippen molar-refractivity contribution < 1.29 is 19.1 Å². The number of aromatic nitrogens is 3. The first-order valence-corrected chi connectivity index (χ1v) is 7.99. The van der Waals surface area contributed by atoms with Gasteiger partial charge in [0, 0.05) is 0 Å². The first kappa shape index (κ1) is 17.3. The predicted octanol–water partition coefficient (Wildman–Crippen LogP) is 3.13. The average Bonchev–Trinajstić information content (AvgIpc) is 3.07. The molecule has 1 heterocycles. The molecule has 0 unspecified atom stereocenters. The van der Waals surface area contributed by atoms with Crippen LogP contribution in [0, 0.1) is 6.92 Å². The average molecular weight is 351 g/mol. The van der Waals surface area contributed by atoms with E-state index in [0.29, 0.717) is 5.69 Å². The van der Waals surface area contributed by atoms with Crippen LogP contribution in [0.2, 0.25) is 0 Å². The minimum absolute atomic E-state index is 0.0426. The Labute approximate surface area is 150 Å². The maximum absolute atomic E-state index is 12.4. The fourth-order valence-electron chi connectivity index (χ4n) is 2.29. The lowest BCUT2D eigenvalue weighted by atomic mass is 10.2. The summed E-state index contributed by atoms with van der Waals surface area (Å²) in [6, 6.07) is 18.5. The molecular formula is C19H17N3O4. The number of hydrogen-bond donors (Lipinski definition) is 0. The molecule has 3 rings (SSSR count). The molecule has 132 valence electrons. The molecule has 0 saturated heterocycles. The molecule has 0 aliphatic heterocycles. The number of esters is 1. The van der Waals surface area contributed by atoms with Crippen molar-refractivity contribution in [2.24, 2.45) is 0 Å². The number of benzene rings is 2. The van der Waals surface area contributed by atoms with Crippen LogP contribution in [0.1, 0.15) is 27.3 Å². The third kappa shape index (κ3) is 4.13. The standard InChI is InChI=1S/C19H17N3O4/c1-14-17(18(23)25-12-15-8-4-2-5-9-15)22(21-20-14)19(24)26-13-16-10-6-3-7-11-16/h2-11H,12-13H2,1H3. The van der Waals surface area contributed by atoms with Crippen LogP contribution in [-0.4, -0.2) is 27.1 Å². The Balaban J connectivity index is 1.67. The lowest BCUT2D eigenvalue weighted by Crippen LogP contribution is -2.22. The topological polar surface area (TPSA) is 83.3 Å². The summed E-state index contributed by atoms with van der Waals surface area (Å²) in [6.45, 7) is 1.73. The van der Waals surface area contributed by atoms with E-state index in [1.165, 1.54) is 0 Å². The summed E-state index contributed by atoms with van der Waals surface area (Å²) < 4.78 is 11.3. The SMILES string of the molecule is Cc1nnn(C(=O)OCc2ccccc2)c1C(=O)OCc1ccccc1. The van der Waals surface area contributed by atoms with Gasteiger partial charge in [0.15, 0.2) is 5.69 Å². The summed E-state index contributed by atoms with van der Waals surface area (Å²) >= 11 is 0. The van der Waals surface area contributed by atoms with Crippen molar-refractivity contribution >= 4 is 12.1 Å². The predicted molar refractivity (Wildman–Crippen MR) is 92.3 cm³/mol. The highest BCUT2D eigenvalue weighted by Crippen LogP contribution is 2.10. The van der Waals surface area contributed by atoms with Crippen LogP contribution < -0.4 is 0 Å². The third-order valence-electron chi connectivity index (χ3n) is 3.62. The van der Waals surface area contributed by atoms with Gasteiger partial charge in [0.2, 0.25) is 0 Å². The maximum atomic E-state index is 12.4. The highest BCUT2D eigenvalue weighted by Gasteiger charge is 2.24. The van der Waals surface area contributed by atoms with E-state index >= 15 is 0 Å². The molecule has 0 bridgehead atoms. The fraction of sp³-hybridized carbons (Fsp3) is 0.158. The first-order chi connectivity index (χ1) is 12.6. The number of ether oxygens (including phenoxy) is 2. The van der Waals surface area contributed by atoms with Gasteiger partial charge in [-0.2, -0.15) is 0 Å². The molecule has 0 aliphatic rings. The summed E-state index contributed by atoms with van der Waals surface area (Å²) in [6.07, 6.45) is -0.791. The van der Waals surface area contributed by atoms with Crippen LogP contribution in [0.25, 0.3) is 0 Å². The molecule has 0 saturated carbocycles. The van der Waals surface area contributed by atoms with Gasteiger partial charge in [-0.05, 0) is 18.1 Å². The molecule has 0 amide bonds. The van der Waals surface area contributed by atoms with Crippen molar-refractivity contribution in [2.75, 3.05) is 0 Å². The van der Waals surface area contributed by atoms with Gasteiger partial charge in [-0.15, -0.1) is 9.78 Å². The molecule has 0 radical (unpaired) electrons. The van der Waals surface area contributed by atoms with E-state index in [1.54, 1.807) is 6.92 Å². The van der Waals surface area contributed by atoms with Gasteiger partial charge in [0.25, 0.3) is 0 Å². The van der Waals surface area contributed by atoms with Crippen LogP contribution in [-0.2, 0) is 22.7 Å². The lowest BCUT2D eigenvalue weighted by Gasteiger charge is -2.08. The minimum Gasteiger partial charge on any atom is -0.456 e. The number of aryl methyl sites for hydroxylation is 1. The zero-order chi connectivity index (χ0) is 18.4. The number of rotatable bonds is 5. The summed E-state index contributed by atoms with van der Waals surface area (Å²) in [5.41, 5.74) is 1.91. The van der Waals surface area contributed by atoms with Crippen molar-refractivity contribution in [3.05, 3.63) is 83.2 Å². The van der Waals surface area contributed by atoms with Crippen molar-refractivity contribution in [1.82, 2.24) is 15.0 Å². The Morgan fingerprint density at radius 2 is 1.42 bits per heavy atom. The molecule has 2 aromatic carbocycles. The van der Waals surface area contributed by atoms with Crippen molar-refractivity contribution in [2.45, 2.75) is 20.1 Å². The number of hydrogen-bond acceptors (Lipinski definition) is 6. The quantitative estimate of drug-likeness (QED) is 0.657. The first-order valence-electron chi connectivity index (χ1n) is 7.99. The van der Waals surface area contributed by atoms with Gasteiger partial charge in [0.05, 0.1) is 5.69 Å². The largest absolute Gasteiger partial charge is 0.456 e. The Morgan fingerprint density at radius 1 is 0.885 bits per heavy atom. The summed E-state index contributed by atoms with van der Waals surface area (Å²) in [5.74, 6) is -0.687. The molecule has 0 N–H and O–H groups in total. The molecule has 7 nitrogen and oxygen atoms in total. The zero-order valence-corrected chi connectivity index (χ0v) is 14.2. The highest BCUT2D eigenvalue weighted by atomic mass is 16.6. The molecule has 0 aliphatic carbocycles. The van der Waals surface area contributed by atoms with Gasteiger partial charge in [-0.25, -0.2) is 9.59 Å². The minimum atomic E-state index is -0.791.